The molecule has 0 aliphatic carbocycles. The third-order valence-corrected chi connectivity index (χ3v) is 6.44. The zero-order chi connectivity index (χ0) is 19.5. The number of hydrogen-bond acceptors (Lipinski definition) is 3. The molecular weight excluding hydrogens is 356 g/mol. The Bertz CT molecular complexity index is 961. The van der Waals surface area contributed by atoms with Crippen LogP contribution in [0.15, 0.2) is 60.7 Å². The first-order valence-electron chi connectivity index (χ1n) is 11.0. The Balaban J connectivity index is 1.29. The van der Waals surface area contributed by atoms with Crippen molar-refractivity contribution in [2.24, 2.45) is 0 Å². The molecule has 0 saturated carbocycles. The fourth-order valence-corrected chi connectivity index (χ4v) is 4.87. The molecule has 3 heterocycles. The van der Waals surface area contributed by atoms with Gasteiger partial charge in [0, 0.05) is 38.1 Å². The zero-order valence-electron chi connectivity index (χ0n) is 17.0. The first-order valence-corrected chi connectivity index (χ1v) is 11.0. The first kappa shape index (κ1) is 18.6. The van der Waals surface area contributed by atoms with Gasteiger partial charge in [0.05, 0.1) is 11.0 Å². The molecule has 2 saturated heterocycles. The first-order chi connectivity index (χ1) is 14.4. The van der Waals surface area contributed by atoms with E-state index >= 15 is 0 Å². The molecule has 2 aromatic carbocycles. The largest absolute Gasteiger partial charge is 0.324 e. The summed E-state index contributed by atoms with van der Waals surface area (Å²) < 4.78 is 2.59. The summed E-state index contributed by atoms with van der Waals surface area (Å²) in [6.07, 6.45) is 8.14. The number of rotatable bonds is 5. The lowest BCUT2D eigenvalue weighted by atomic mass is 10.0. The van der Waals surface area contributed by atoms with Gasteiger partial charge in [0.2, 0.25) is 0 Å². The van der Waals surface area contributed by atoms with Gasteiger partial charge in [0.15, 0.2) is 0 Å². The van der Waals surface area contributed by atoms with Gasteiger partial charge in [-0.3, -0.25) is 4.90 Å². The Hall–Kier alpha value is -2.43. The summed E-state index contributed by atoms with van der Waals surface area (Å²) >= 11 is 0. The number of piperidine rings is 1. The van der Waals surface area contributed by atoms with Gasteiger partial charge in [-0.15, -0.1) is 0 Å². The minimum atomic E-state index is 0.550. The van der Waals surface area contributed by atoms with Crippen LogP contribution < -0.4 is 5.32 Å². The molecule has 1 N–H and O–H groups in total. The monoisotopic (exact) mass is 386 g/mol. The molecule has 3 aromatic rings. The van der Waals surface area contributed by atoms with Crippen molar-refractivity contribution in [3.8, 4) is 0 Å². The second-order valence-electron chi connectivity index (χ2n) is 8.36. The number of likely N-dealkylation sites (tertiary alicyclic amines) is 1. The van der Waals surface area contributed by atoms with Gasteiger partial charge < -0.3 is 9.88 Å². The number of nitrogens with one attached hydrogen (secondary N) is 1. The molecule has 150 valence electrons. The van der Waals surface area contributed by atoms with E-state index in [1.165, 1.54) is 36.2 Å². The maximum Gasteiger partial charge on any atom is 0.114 e. The van der Waals surface area contributed by atoms with Crippen LogP contribution in [0.2, 0.25) is 0 Å². The number of fused-ring (bicyclic) bond motifs is 1. The van der Waals surface area contributed by atoms with E-state index in [0.29, 0.717) is 12.0 Å². The summed E-state index contributed by atoms with van der Waals surface area (Å²) in [6, 6.07) is 19.8. The second kappa shape index (κ2) is 8.52. The summed E-state index contributed by atoms with van der Waals surface area (Å²) in [5.74, 6) is 1.85. The Morgan fingerprint density at radius 1 is 0.966 bits per heavy atom. The van der Waals surface area contributed by atoms with Crippen LogP contribution >= 0.6 is 0 Å². The third kappa shape index (κ3) is 4.00. The highest BCUT2D eigenvalue weighted by atomic mass is 15.2. The van der Waals surface area contributed by atoms with Crippen molar-refractivity contribution in [1.82, 2.24) is 19.8 Å². The number of imidazole rings is 1. The molecular formula is C25H30N4. The Morgan fingerprint density at radius 2 is 1.76 bits per heavy atom. The maximum atomic E-state index is 5.07. The van der Waals surface area contributed by atoms with Gasteiger partial charge in [-0.1, -0.05) is 54.6 Å². The van der Waals surface area contributed by atoms with E-state index in [-0.39, 0.29) is 0 Å². The molecule has 1 atom stereocenters. The van der Waals surface area contributed by atoms with E-state index in [1.54, 1.807) is 0 Å². The Labute approximate surface area is 173 Å². The van der Waals surface area contributed by atoms with Crippen LogP contribution in [-0.4, -0.2) is 47.2 Å². The molecule has 1 aromatic heterocycles. The van der Waals surface area contributed by atoms with E-state index in [2.05, 4.69) is 81.5 Å². The summed E-state index contributed by atoms with van der Waals surface area (Å²) in [7, 11) is 0. The molecule has 2 aliphatic rings. The van der Waals surface area contributed by atoms with Crippen molar-refractivity contribution in [3.05, 3.63) is 72.1 Å². The molecule has 2 aliphatic heterocycles. The van der Waals surface area contributed by atoms with Crippen LogP contribution in [0, 0.1) is 0 Å². The van der Waals surface area contributed by atoms with Crippen molar-refractivity contribution < 1.29 is 0 Å². The molecule has 0 unspecified atom stereocenters. The minimum absolute atomic E-state index is 0.550. The molecule has 4 nitrogen and oxygen atoms in total. The minimum Gasteiger partial charge on any atom is -0.324 e. The van der Waals surface area contributed by atoms with Crippen molar-refractivity contribution >= 4 is 17.1 Å². The summed E-state index contributed by atoms with van der Waals surface area (Å²) in [5, 5.41) is 3.52. The number of aromatic nitrogens is 2. The SMILES string of the molecule is C(=Cc1ccccc1)CN1CCC(n2c([C@@H]3CCNC3)nc3ccccc32)CC1. The summed E-state index contributed by atoms with van der Waals surface area (Å²) in [5.41, 5.74) is 3.75. The predicted octanol–water partition coefficient (Wildman–Crippen LogP) is 4.46. The lowest BCUT2D eigenvalue weighted by molar-refractivity contribution is 0.202. The maximum absolute atomic E-state index is 5.07. The molecule has 29 heavy (non-hydrogen) atoms. The van der Waals surface area contributed by atoms with E-state index in [1.807, 2.05) is 0 Å². The van der Waals surface area contributed by atoms with E-state index in [4.69, 9.17) is 4.98 Å². The topological polar surface area (TPSA) is 33.1 Å². The van der Waals surface area contributed by atoms with Crippen molar-refractivity contribution in [3.63, 3.8) is 0 Å². The zero-order valence-corrected chi connectivity index (χ0v) is 17.0. The second-order valence-corrected chi connectivity index (χ2v) is 8.36. The van der Waals surface area contributed by atoms with E-state index in [0.717, 1.165) is 38.2 Å². The number of nitrogens with zero attached hydrogens (tertiary/aromatic N) is 3. The Morgan fingerprint density at radius 3 is 2.55 bits per heavy atom. The number of hydrogen-bond donors (Lipinski definition) is 1. The van der Waals surface area contributed by atoms with Crippen LogP contribution in [-0.2, 0) is 0 Å². The number of para-hydroxylation sites is 2. The predicted molar refractivity (Wildman–Crippen MR) is 120 cm³/mol. The van der Waals surface area contributed by atoms with Crippen LogP contribution in [0.25, 0.3) is 17.1 Å². The van der Waals surface area contributed by atoms with Crippen LogP contribution in [0.3, 0.4) is 0 Å². The molecule has 5 rings (SSSR count). The van der Waals surface area contributed by atoms with Gasteiger partial charge in [0.25, 0.3) is 0 Å². The van der Waals surface area contributed by atoms with Gasteiger partial charge in [0.1, 0.15) is 5.82 Å². The molecule has 0 amide bonds. The lowest BCUT2D eigenvalue weighted by Crippen LogP contribution is -2.35. The van der Waals surface area contributed by atoms with Crippen molar-refractivity contribution in [2.75, 3.05) is 32.7 Å². The van der Waals surface area contributed by atoms with Crippen LogP contribution in [0.5, 0.6) is 0 Å². The lowest BCUT2D eigenvalue weighted by Gasteiger charge is -2.33. The summed E-state index contributed by atoms with van der Waals surface area (Å²) in [4.78, 5) is 7.65. The van der Waals surface area contributed by atoms with Crippen molar-refractivity contribution in [2.45, 2.75) is 31.2 Å². The summed E-state index contributed by atoms with van der Waals surface area (Å²) in [6.45, 7) is 5.51. The van der Waals surface area contributed by atoms with Crippen LogP contribution in [0.1, 0.15) is 42.6 Å². The fraction of sp³-hybridized carbons (Fsp3) is 0.400. The molecule has 0 spiro atoms. The standard InChI is InChI=1S/C25H30N4/c1-2-7-20(8-3-1)9-6-16-28-17-13-22(14-18-28)29-24-11-5-4-10-23(24)27-25(29)21-12-15-26-19-21/h1-11,21-22,26H,12-19H2/t21-/m1/s1. The average molecular weight is 387 g/mol. The number of benzene rings is 2. The van der Waals surface area contributed by atoms with Crippen LogP contribution in [0.4, 0.5) is 0 Å². The van der Waals surface area contributed by atoms with E-state index in [9.17, 15) is 0 Å². The highest BCUT2D eigenvalue weighted by Crippen LogP contribution is 2.33. The third-order valence-electron chi connectivity index (χ3n) is 6.44. The molecule has 0 radical (unpaired) electrons. The average Bonchev–Trinajstić information content (AvgIpc) is 3.43. The van der Waals surface area contributed by atoms with Gasteiger partial charge >= 0.3 is 0 Å². The normalized spacial score (nSPS) is 21.4. The van der Waals surface area contributed by atoms with Crippen molar-refractivity contribution in [1.29, 1.82) is 0 Å². The highest BCUT2D eigenvalue weighted by molar-refractivity contribution is 5.76. The van der Waals surface area contributed by atoms with Gasteiger partial charge in [-0.25, -0.2) is 4.98 Å². The van der Waals surface area contributed by atoms with E-state index < -0.39 is 0 Å². The fourth-order valence-electron chi connectivity index (χ4n) is 4.87. The van der Waals surface area contributed by atoms with Gasteiger partial charge in [-0.2, -0.15) is 0 Å². The smallest absolute Gasteiger partial charge is 0.114 e. The molecule has 4 heteroatoms. The Kier molecular flexibility index (Phi) is 5.46. The molecule has 0 bridgehead atoms. The highest BCUT2D eigenvalue weighted by Gasteiger charge is 2.28. The molecule has 2 fully saturated rings. The quantitative estimate of drug-likeness (QED) is 0.703. The van der Waals surface area contributed by atoms with Gasteiger partial charge in [-0.05, 0) is 43.5 Å².